The van der Waals surface area contributed by atoms with Gasteiger partial charge in [0.1, 0.15) is 28.7 Å². The van der Waals surface area contributed by atoms with Gasteiger partial charge in [0, 0.05) is 22.2 Å². The molecule has 0 aliphatic heterocycles. The molecule has 4 aromatic heterocycles. The molecule has 8 nitrogen and oxygen atoms in total. The minimum atomic E-state index is -0.605. The highest BCUT2D eigenvalue weighted by atomic mass is 32.1. The number of aromatic amines is 1. The number of nitrogens with zero attached hydrogens (tertiary/aromatic N) is 4. The number of anilines is 1. The maximum atomic E-state index is 14.0. The van der Waals surface area contributed by atoms with Crippen molar-refractivity contribution in [1.82, 2.24) is 25.1 Å². The molecule has 5 aromatic rings. The van der Waals surface area contributed by atoms with Crippen molar-refractivity contribution in [2.45, 2.75) is 33.6 Å². The van der Waals surface area contributed by atoms with E-state index in [1.807, 2.05) is 19.9 Å². The summed E-state index contributed by atoms with van der Waals surface area (Å²) >= 11 is 3.09. The molecule has 0 atom stereocenters. The largest absolute Gasteiger partial charge is 0.439 e. The zero-order valence-corrected chi connectivity index (χ0v) is 20.4. The Morgan fingerprint density at radius 1 is 1.18 bits per heavy atom. The number of thiophene rings is 1. The first-order chi connectivity index (χ1) is 16.4. The molecule has 0 unspecified atom stereocenters. The average molecular weight is 497 g/mol. The van der Waals surface area contributed by atoms with Crippen molar-refractivity contribution in [3.8, 4) is 21.4 Å². The number of rotatable bonds is 7. The van der Waals surface area contributed by atoms with Gasteiger partial charge in [0.25, 0.3) is 0 Å². The minimum Gasteiger partial charge on any atom is -0.370 e. The van der Waals surface area contributed by atoms with E-state index in [4.69, 9.17) is 0 Å². The van der Waals surface area contributed by atoms with Gasteiger partial charge in [-0.2, -0.15) is 0 Å². The maximum absolute atomic E-state index is 14.0. The molecule has 0 aliphatic carbocycles. The Morgan fingerprint density at radius 3 is 2.79 bits per heavy atom. The lowest BCUT2D eigenvalue weighted by Gasteiger charge is -2.07. The SMILES string of the molecule is CCc1nc(-c2cc(NCCc3c(C)sc4c(C)cc(F)cc34)ncn2)sc1-c1noc(=O)[nH]1. The lowest BCUT2D eigenvalue weighted by molar-refractivity contribution is 0.388. The zero-order valence-electron chi connectivity index (χ0n) is 18.7. The third-order valence-electron chi connectivity index (χ3n) is 5.50. The molecule has 5 rings (SSSR count). The van der Waals surface area contributed by atoms with Gasteiger partial charge in [0.15, 0.2) is 5.82 Å². The molecule has 0 saturated carbocycles. The fourth-order valence-electron chi connectivity index (χ4n) is 3.90. The summed E-state index contributed by atoms with van der Waals surface area (Å²) in [5.74, 6) is 0.228. The van der Waals surface area contributed by atoms with Crippen molar-refractivity contribution in [3.05, 3.63) is 62.6 Å². The molecule has 0 amide bonds. The van der Waals surface area contributed by atoms with E-state index in [1.54, 1.807) is 23.5 Å². The van der Waals surface area contributed by atoms with Crippen LogP contribution in [0.2, 0.25) is 0 Å². The monoisotopic (exact) mass is 496 g/mol. The van der Waals surface area contributed by atoms with Gasteiger partial charge in [-0.15, -0.1) is 22.7 Å². The lowest BCUT2D eigenvalue weighted by Crippen LogP contribution is -2.07. The van der Waals surface area contributed by atoms with Crippen LogP contribution in [-0.2, 0) is 12.8 Å². The van der Waals surface area contributed by atoms with Gasteiger partial charge in [-0.25, -0.2) is 24.1 Å². The summed E-state index contributed by atoms with van der Waals surface area (Å²) in [4.78, 5) is 29.2. The van der Waals surface area contributed by atoms with Crippen molar-refractivity contribution < 1.29 is 8.91 Å². The van der Waals surface area contributed by atoms with E-state index in [9.17, 15) is 9.18 Å². The number of aromatic nitrogens is 5. The number of H-pyrrole nitrogens is 1. The number of benzene rings is 1. The summed E-state index contributed by atoms with van der Waals surface area (Å²) < 4.78 is 19.8. The highest BCUT2D eigenvalue weighted by Crippen LogP contribution is 2.35. The Morgan fingerprint density at radius 2 is 2.03 bits per heavy atom. The molecule has 0 aliphatic rings. The quantitative estimate of drug-likeness (QED) is 0.321. The van der Waals surface area contributed by atoms with E-state index in [2.05, 4.69) is 41.9 Å². The fourth-order valence-corrected chi connectivity index (χ4v) is 6.12. The van der Waals surface area contributed by atoms with Crippen LogP contribution in [0.4, 0.5) is 10.2 Å². The lowest BCUT2D eigenvalue weighted by atomic mass is 10.1. The highest BCUT2D eigenvalue weighted by molar-refractivity contribution is 7.19. The van der Waals surface area contributed by atoms with Crippen LogP contribution in [0.15, 0.2) is 33.8 Å². The van der Waals surface area contributed by atoms with E-state index in [0.717, 1.165) is 38.2 Å². The van der Waals surface area contributed by atoms with Crippen LogP contribution >= 0.6 is 22.7 Å². The van der Waals surface area contributed by atoms with Crippen LogP contribution in [0.5, 0.6) is 0 Å². The van der Waals surface area contributed by atoms with Crippen LogP contribution in [-0.4, -0.2) is 31.6 Å². The Kier molecular flexibility index (Phi) is 5.96. The molecule has 1 aromatic carbocycles. The molecule has 34 heavy (non-hydrogen) atoms. The normalized spacial score (nSPS) is 11.4. The first-order valence-electron chi connectivity index (χ1n) is 10.7. The summed E-state index contributed by atoms with van der Waals surface area (Å²) in [6.45, 7) is 6.65. The Labute approximate surface area is 201 Å². The molecule has 0 fully saturated rings. The average Bonchev–Trinajstić information content (AvgIpc) is 3.52. The van der Waals surface area contributed by atoms with E-state index in [0.29, 0.717) is 35.3 Å². The summed E-state index contributed by atoms with van der Waals surface area (Å²) in [6, 6.07) is 5.05. The van der Waals surface area contributed by atoms with Gasteiger partial charge in [-0.05, 0) is 55.3 Å². The van der Waals surface area contributed by atoms with Crippen LogP contribution in [0.1, 0.15) is 28.6 Å². The predicted octanol–water partition coefficient (Wildman–Crippen LogP) is 5.13. The third-order valence-corrected chi connectivity index (χ3v) is 7.93. The van der Waals surface area contributed by atoms with Crippen molar-refractivity contribution in [1.29, 1.82) is 0 Å². The number of nitrogens with one attached hydrogen (secondary N) is 2. The first kappa shape index (κ1) is 22.4. The molecular weight excluding hydrogens is 475 g/mol. The molecule has 4 heterocycles. The molecule has 0 spiro atoms. The number of aryl methyl sites for hydroxylation is 3. The Hall–Kier alpha value is -3.44. The molecule has 0 bridgehead atoms. The van der Waals surface area contributed by atoms with Gasteiger partial charge in [-0.3, -0.25) is 9.51 Å². The van der Waals surface area contributed by atoms with E-state index in [-0.39, 0.29) is 5.82 Å². The smallest absolute Gasteiger partial charge is 0.370 e. The minimum absolute atomic E-state index is 0.207. The summed E-state index contributed by atoms with van der Waals surface area (Å²) in [6.07, 6.45) is 2.91. The third kappa shape index (κ3) is 4.24. The molecule has 2 N–H and O–H groups in total. The number of hydrogen-bond donors (Lipinski definition) is 2. The van der Waals surface area contributed by atoms with Crippen molar-refractivity contribution in [2.75, 3.05) is 11.9 Å². The van der Waals surface area contributed by atoms with Crippen molar-refractivity contribution in [2.24, 2.45) is 0 Å². The predicted molar refractivity (Wildman–Crippen MR) is 132 cm³/mol. The summed E-state index contributed by atoms with van der Waals surface area (Å²) in [5, 5.41) is 8.82. The van der Waals surface area contributed by atoms with Gasteiger partial charge < -0.3 is 5.32 Å². The summed E-state index contributed by atoms with van der Waals surface area (Å²) in [7, 11) is 0. The number of fused-ring (bicyclic) bond motifs is 1. The van der Waals surface area contributed by atoms with E-state index < -0.39 is 5.76 Å². The van der Waals surface area contributed by atoms with Crippen LogP contribution in [0.25, 0.3) is 31.5 Å². The molecule has 11 heteroatoms. The van der Waals surface area contributed by atoms with Crippen molar-refractivity contribution >= 4 is 38.6 Å². The first-order valence-corrected chi connectivity index (χ1v) is 12.4. The number of hydrogen-bond acceptors (Lipinski definition) is 9. The van der Waals surface area contributed by atoms with Gasteiger partial charge >= 0.3 is 5.76 Å². The summed E-state index contributed by atoms with van der Waals surface area (Å²) in [5.41, 5.74) is 3.60. The molecule has 0 radical (unpaired) electrons. The molecule has 0 saturated heterocycles. The topological polar surface area (TPSA) is 110 Å². The van der Waals surface area contributed by atoms with Gasteiger partial charge in [0.2, 0.25) is 0 Å². The van der Waals surface area contributed by atoms with Crippen LogP contribution in [0, 0.1) is 19.7 Å². The van der Waals surface area contributed by atoms with Gasteiger partial charge in [0.05, 0.1) is 10.6 Å². The standard InChI is InChI=1S/C23H21FN6O2S2/c1-4-16-20(21-29-23(31)32-30-21)34-22(28-16)17-9-18(27-10-26-17)25-6-5-14-12(3)33-19-11(2)7-13(24)8-15(14)19/h7-10H,4-6H2,1-3H3,(H,25,26,27)(H,29,30,31). The van der Waals surface area contributed by atoms with Crippen LogP contribution in [0.3, 0.4) is 0 Å². The van der Waals surface area contributed by atoms with Crippen molar-refractivity contribution in [3.63, 3.8) is 0 Å². The second kappa shape index (κ2) is 9.07. The van der Waals surface area contributed by atoms with E-state index >= 15 is 0 Å². The fraction of sp³-hybridized carbons (Fsp3) is 0.261. The second-order valence-electron chi connectivity index (χ2n) is 7.79. The zero-order chi connectivity index (χ0) is 23.8. The Balaban J connectivity index is 1.35. The molecule has 174 valence electrons. The number of halogens is 1. The maximum Gasteiger partial charge on any atom is 0.439 e. The van der Waals surface area contributed by atoms with Crippen LogP contribution < -0.4 is 11.1 Å². The van der Waals surface area contributed by atoms with E-state index in [1.165, 1.54) is 22.5 Å². The highest BCUT2D eigenvalue weighted by Gasteiger charge is 2.18. The molecular formula is C23H21FN6O2S2. The van der Waals surface area contributed by atoms with Gasteiger partial charge in [-0.1, -0.05) is 12.1 Å². The number of thiazole rings is 1. The Bertz CT molecular complexity index is 1550. The second-order valence-corrected chi connectivity index (χ2v) is 10.0.